The number of aryl methyl sites for hydroxylation is 1. The maximum absolute atomic E-state index is 13.0. The van der Waals surface area contributed by atoms with Crippen molar-refractivity contribution in [1.29, 1.82) is 0 Å². The van der Waals surface area contributed by atoms with Crippen LogP contribution in [0.2, 0.25) is 0 Å². The third kappa shape index (κ3) is 4.79. The van der Waals surface area contributed by atoms with Gasteiger partial charge >= 0.3 is 0 Å². The molecule has 4 heterocycles. The van der Waals surface area contributed by atoms with Crippen molar-refractivity contribution >= 4 is 34.6 Å². The molecule has 5 rings (SSSR count). The molecule has 0 radical (unpaired) electrons. The largest absolute Gasteiger partial charge is 0.366 e. The second kappa shape index (κ2) is 9.40. The SMILES string of the molecule is Cc1ccc(Nc2cc(NC3CCC(N)CC3)nn3c(C(=O)Nc4ccncn4)cnc23)cn1. The van der Waals surface area contributed by atoms with Gasteiger partial charge in [0.25, 0.3) is 5.91 Å². The fourth-order valence-electron chi connectivity index (χ4n) is 4.00. The molecule has 1 saturated carbocycles. The summed E-state index contributed by atoms with van der Waals surface area (Å²) >= 11 is 0. The summed E-state index contributed by atoms with van der Waals surface area (Å²) in [6, 6.07) is 7.92. The lowest BCUT2D eigenvalue weighted by molar-refractivity contribution is 0.102. The molecule has 0 unspecified atom stereocenters. The third-order valence-electron chi connectivity index (χ3n) is 5.84. The van der Waals surface area contributed by atoms with Gasteiger partial charge in [0.2, 0.25) is 0 Å². The first-order chi connectivity index (χ1) is 16.5. The van der Waals surface area contributed by atoms with E-state index < -0.39 is 0 Å². The summed E-state index contributed by atoms with van der Waals surface area (Å²) in [5.74, 6) is 0.666. The molecule has 1 aliphatic carbocycles. The molecular weight excluding hydrogens is 432 g/mol. The Hall–Kier alpha value is -4.12. The van der Waals surface area contributed by atoms with E-state index in [1.54, 1.807) is 18.5 Å². The zero-order valence-corrected chi connectivity index (χ0v) is 18.8. The average Bonchev–Trinajstić information content (AvgIpc) is 3.27. The van der Waals surface area contributed by atoms with Crippen LogP contribution >= 0.6 is 0 Å². The van der Waals surface area contributed by atoms with Crippen molar-refractivity contribution in [1.82, 2.24) is 29.5 Å². The van der Waals surface area contributed by atoms with E-state index in [1.165, 1.54) is 17.0 Å². The highest BCUT2D eigenvalue weighted by atomic mass is 16.2. The molecule has 5 N–H and O–H groups in total. The molecule has 0 atom stereocenters. The zero-order valence-electron chi connectivity index (χ0n) is 18.8. The number of nitrogens with two attached hydrogens (primary N) is 1. The highest BCUT2D eigenvalue weighted by molar-refractivity contribution is 6.03. The molecule has 1 fully saturated rings. The minimum absolute atomic E-state index is 0.255. The summed E-state index contributed by atoms with van der Waals surface area (Å²) in [5.41, 5.74) is 9.30. The summed E-state index contributed by atoms with van der Waals surface area (Å²) in [6.07, 6.45) is 10.1. The number of rotatable bonds is 6. The summed E-state index contributed by atoms with van der Waals surface area (Å²) in [7, 11) is 0. The van der Waals surface area contributed by atoms with Gasteiger partial charge in [-0.25, -0.2) is 19.5 Å². The fraction of sp³-hybridized carbons (Fsp3) is 0.304. The number of fused-ring (bicyclic) bond motifs is 1. The van der Waals surface area contributed by atoms with Gasteiger partial charge in [-0.05, 0) is 50.8 Å². The van der Waals surface area contributed by atoms with Crippen molar-refractivity contribution in [2.75, 3.05) is 16.0 Å². The van der Waals surface area contributed by atoms with Crippen LogP contribution in [0.1, 0.15) is 41.9 Å². The topological polar surface area (TPSA) is 148 Å². The summed E-state index contributed by atoms with van der Waals surface area (Å²) in [6.45, 7) is 1.93. The maximum atomic E-state index is 13.0. The van der Waals surface area contributed by atoms with Crippen molar-refractivity contribution in [3.8, 4) is 0 Å². The van der Waals surface area contributed by atoms with E-state index in [0.717, 1.165) is 37.1 Å². The number of amides is 1. The second-order valence-corrected chi connectivity index (χ2v) is 8.44. The molecule has 34 heavy (non-hydrogen) atoms. The minimum atomic E-state index is -0.373. The van der Waals surface area contributed by atoms with Crippen LogP contribution < -0.4 is 21.7 Å². The van der Waals surface area contributed by atoms with Crippen molar-refractivity contribution in [2.24, 2.45) is 5.73 Å². The lowest BCUT2D eigenvalue weighted by Gasteiger charge is -2.27. The van der Waals surface area contributed by atoms with Gasteiger partial charge in [0.1, 0.15) is 18.0 Å². The van der Waals surface area contributed by atoms with E-state index in [0.29, 0.717) is 23.0 Å². The first-order valence-corrected chi connectivity index (χ1v) is 11.2. The molecule has 0 spiro atoms. The molecule has 0 saturated heterocycles. The highest BCUT2D eigenvalue weighted by Gasteiger charge is 2.21. The number of hydrogen-bond acceptors (Lipinski definition) is 9. The van der Waals surface area contributed by atoms with Gasteiger partial charge in [-0.1, -0.05) is 0 Å². The monoisotopic (exact) mass is 458 g/mol. The number of hydrogen-bond donors (Lipinski definition) is 4. The highest BCUT2D eigenvalue weighted by Crippen LogP contribution is 2.27. The van der Waals surface area contributed by atoms with Crippen molar-refractivity contribution < 1.29 is 4.79 Å². The van der Waals surface area contributed by atoms with Crippen LogP contribution in [0.4, 0.5) is 23.0 Å². The number of anilines is 4. The van der Waals surface area contributed by atoms with E-state index in [-0.39, 0.29) is 23.7 Å². The quantitative estimate of drug-likeness (QED) is 0.342. The van der Waals surface area contributed by atoms with Gasteiger partial charge in [-0.3, -0.25) is 9.78 Å². The Bertz CT molecular complexity index is 1280. The van der Waals surface area contributed by atoms with E-state index in [9.17, 15) is 4.79 Å². The Labute approximate surface area is 196 Å². The Morgan fingerprint density at radius 2 is 1.91 bits per heavy atom. The van der Waals surface area contributed by atoms with E-state index in [1.807, 2.05) is 25.1 Å². The van der Waals surface area contributed by atoms with Gasteiger partial charge in [-0.15, -0.1) is 5.10 Å². The number of carbonyl (C=O) groups excluding carboxylic acids is 1. The smallest absolute Gasteiger partial charge is 0.277 e. The number of pyridine rings is 1. The van der Waals surface area contributed by atoms with E-state index in [2.05, 4.69) is 41.0 Å². The van der Waals surface area contributed by atoms with Gasteiger partial charge in [-0.2, -0.15) is 0 Å². The zero-order chi connectivity index (χ0) is 23.5. The Balaban J connectivity index is 1.49. The average molecular weight is 459 g/mol. The lowest BCUT2D eigenvalue weighted by atomic mass is 9.92. The Kier molecular flexibility index (Phi) is 6.00. The first kappa shape index (κ1) is 21.7. The van der Waals surface area contributed by atoms with Crippen LogP contribution in [0.5, 0.6) is 0 Å². The molecule has 4 aromatic heterocycles. The van der Waals surface area contributed by atoms with Crippen molar-refractivity contribution in [3.05, 3.63) is 60.6 Å². The molecular formula is C23H26N10O. The lowest BCUT2D eigenvalue weighted by Crippen LogP contribution is -2.33. The first-order valence-electron chi connectivity index (χ1n) is 11.2. The Morgan fingerprint density at radius 3 is 2.65 bits per heavy atom. The molecule has 4 aromatic rings. The number of carbonyl (C=O) groups is 1. The number of imidazole rings is 1. The predicted octanol–water partition coefficient (Wildman–Crippen LogP) is 2.90. The van der Waals surface area contributed by atoms with Crippen molar-refractivity contribution in [3.63, 3.8) is 0 Å². The minimum Gasteiger partial charge on any atom is -0.366 e. The molecule has 11 heteroatoms. The summed E-state index contributed by atoms with van der Waals surface area (Å²) in [4.78, 5) is 29.7. The molecule has 1 amide bonds. The van der Waals surface area contributed by atoms with Crippen LogP contribution in [-0.2, 0) is 0 Å². The fourth-order valence-corrected chi connectivity index (χ4v) is 4.00. The van der Waals surface area contributed by atoms with Crippen LogP contribution in [0, 0.1) is 6.92 Å². The summed E-state index contributed by atoms with van der Waals surface area (Å²) in [5, 5.41) is 14.3. The Morgan fingerprint density at radius 1 is 1.06 bits per heavy atom. The normalized spacial score (nSPS) is 17.9. The third-order valence-corrected chi connectivity index (χ3v) is 5.84. The van der Waals surface area contributed by atoms with E-state index in [4.69, 9.17) is 5.73 Å². The second-order valence-electron chi connectivity index (χ2n) is 8.44. The van der Waals surface area contributed by atoms with Gasteiger partial charge in [0, 0.05) is 30.0 Å². The van der Waals surface area contributed by atoms with Crippen LogP contribution in [0.15, 0.2) is 49.2 Å². The molecule has 0 aliphatic heterocycles. The van der Waals surface area contributed by atoms with Crippen LogP contribution in [0.25, 0.3) is 5.65 Å². The number of aromatic nitrogens is 6. The number of nitrogens with one attached hydrogen (secondary N) is 3. The standard InChI is InChI=1S/C23H26N10O/c1-14-2-5-17(11-26-14)29-18-10-21(30-16-6-3-15(24)4-7-16)32-33-19(12-27-22(18)33)23(34)31-20-8-9-25-13-28-20/h2,5,8-13,15-16,29H,3-4,6-7,24H2,1H3,(H,30,32)(H,25,28,31,34). The molecule has 0 aromatic carbocycles. The van der Waals surface area contributed by atoms with Gasteiger partial charge in [0.15, 0.2) is 11.3 Å². The van der Waals surface area contributed by atoms with Gasteiger partial charge in [0.05, 0.1) is 23.8 Å². The van der Waals surface area contributed by atoms with Crippen LogP contribution in [0.3, 0.4) is 0 Å². The van der Waals surface area contributed by atoms with Crippen LogP contribution in [-0.4, -0.2) is 47.5 Å². The van der Waals surface area contributed by atoms with Crippen molar-refractivity contribution in [2.45, 2.75) is 44.7 Å². The molecule has 1 aliphatic rings. The molecule has 11 nitrogen and oxygen atoms in total. The summed E-state index contributed by atoms with van der Waals surface area (Å²) < 4.78 is 1.54. The maximum Gasteiger partial charge on any atom is 0.277 e. The molecule has 174 valence electrons. The number of nitrogens with zero attached hydrogens (tertiary/aromatic N) is 6. The molecule has 0 bridgehead atoms. The van der Waals surface area contributed by atoms with Gasteiger partial charge < -0.3 is 21.7 Å². The van der Waals surface area contributed by atoms with E-state index >= 15 is 0 Å². The predicted molar refractivity (Wildman–Crippen MR) is 129 cm³/mol.